The molecule has 4 heteroatoms. The first kappa shape index (κ1) is 12.2. The van der Waals surface area contributed by atoms with Crippen LogP contribution in [0.3, 0.4) is 0 Å². The lowest BCUT2D eigenvalue weighted by Gasteiger charge is -2.02. The molecule has 0 amide bonds. The minimum absolute atomic E-state index is 0.132. The summed E-state index contributed by atoms with van der Waals surface area (Å²) in [5, 5.41) is 7.63. The second-order valence-corrected chi connectivity index (χ2v) is 3.84. The molecule has 0 aliphatic carbocycles. The molecular formula is C14H14N2O2. The van der Waals surface area contributed by atoms with Gasteiger partial charge in [-0.3, -0.25) is 4.79 Å². The number of hydrogen-bond acceptors (Lipinski definition) is 4. The number of aromatic nitrogens is 2. The highest BCUT2D eigenvalue weighted by Crippen LogP contribution is 2.11. The van der Waals surface area contributed by atoms with E-state index in [2.05, 4.69) is 17.1 Å². The van der Waals surface area contributed by atoms with E-state index in [0.717, 1.165) is 6.42 Å². The summed E-state index contributed by atoms with van der Waals surface area (Å²) in [6.45, 7) is 2.08. The number of ketones is 1. The molecule has 0 fully saturated rings. The molecular weight excluding hydrogens is 228 g/mol. The lowest BCUT2D eigenvalue weighted by Crippen LogP contribution is -2.05. The van der Waals surface area contributed by atoms with Crippen molar-refractivity contribution >= 4 is 5.78 Å². The highest BCUT2D eigenvalue weighted by Gasteiger charge is 2.11. The molecule has 0 spiro atoms. The third-order valence-electron chi connectivity index (χ3n) is 2.71. The van der Waals surface area contributed by atoms with Gasteiger partial charge in [0.15, 0.2) is 0 Å². The lowest BCUT2D eigenvalue weighted by molar-refractivity contribution is 0.103. The molecule has 1 heterocycles. The quantitative estimate of drug-likeness (QED) is 0.772. The van der Waals surface area contributed by atoms with Gasteiger partial charge < -0.3 is 4.74 Å². The van der Waals surface area contributed by atoms with Crippen molar-refractivity contribution in [2.24, 2.45) is 0 Å². The minimum Gasteiger partial charge on any atom is -0.480 e. The van der Waals surface area contributed by atoms with Crippen LogP contribution in [-0.2, 0) is 6.42 Å². The lowest BCUT2D eigenvalue weighted by atomic mass is 10.0. The highest BCUT2D eigenvalue weighted by molar-refractivity contribution is 6.07. The van der Waals surface area contributed by atoms with Crippen LogP contribution in [0.4, 0.5) is 0 Å². The van der Waals surface area contributed by atoms with E-state index < -0.39 is 0 Å². The van der Waals surface area contributed by atoms with Gasteiger partial charge in [-0.15, -0.1) is 10.2 Å². The molecule has 92 valence electrons. The molecule has 4 nitrogen and oxygen atoms in total. The van der Waals surface area contributed by atoms with Crippen LogP contribution in [0.2, 0.25) is 0 Å². The Bertz CT molecular complexity index is 483. The highest BCUT2D eigenvalue weighted by atomic mass is 16.5. The number of hydrogen-bond donors (Lipinski definition) is 0. The summed E-state index contributed by atoms with van der Waals surface area (Å²) in [5.74, 6) is 0.265. The Kier molecular flexibility index (Phi) is 3.67. The van der Waals surface area contributed by atoms with Gasteiger partial charge in [0.05, 0.1) is 7.11 Å². The number of methoxy groups -OCH3 is 1. The maximum atomic E-state index is 12.1. The summed E-state index contributed by atoms with van der Waals surface area (Å²) < 4.78 is 4.90. The zero-order valence-electron chi connectivity index (χ0n) is 10.4. The normalized spacial score (nSPS) is 10.1. The first-order valence-corrected chi connectivity index (χ1v) is 5.76. The molecule has 0 N–H and O–H groups in total. The predicted molar refractivity (Wildman–Crippen MR) is 67.8 cm³/mol. The fourth-order valence-corrected chi connectivity index (χ4v) is 1.59. The van der Waals surface area contributed by atoms with Crippen LogP contribution in [0.25, 0.3) is 0 Å². The summed E-state index contributed by atoms with van der Waals surface area (Å²) in [6, 6.07) is 10.8. The number of ether oxygens (including phenoxy) is 1. The van der Waals surface area contributed by atoms with Crippen molar-refractivity contribution in [2.45, 2.75) is 13.3 Å². The van der Waals surface area contributed by atoms with Crippen LogP contribution in [0.15, 0.2) is 36.4 Å². The molecule has 0 bridgehead atoms. The van der Waals surface area contributed by atoms with Gasteiger partial charge in [0.2, 0.25) is 11.7 Å². The molecule has 0 aliphatic heterocycles. The van der Waals surface area contributed by atoms with E-state index in [1.54, 1.807) is 12.1 Å². The molecule has 0 atom stereocenters. The van der Waals surface area contributed by atoms with Gasteiger partial charge in [-0.25, -0.2) is 0 Å². The van der Waals surface area contributed by atoms with Crippen molar-refractivity contribution in [3.63, 3.8) is 0 Å². The Morgan fingerprint density at radius 1 is 1.11 bits per heavy atom. The number of aryl methyl sites for hydroxylation is 1. The maximum Gasteiger partial charge on any atom is 0.233 e. The molecule has 0 unspecified atom stereocenters. The molecule has 0 radical (unpaired) electrons. The van der Waals surface area contributed by atoms with Crippen LogP contribution in [0, 0.1) is 0 Å². The number of nitrogens with zero attached hydrogens (tertiary/aromatic N) is 2. The average molecular weight is 242 g/mol. The summed E-state index contributed by atoms with van der Waals surface area (Å²) >= 11 is 0. The van der Waals surface area contributed by atoms with E-state index in [4.69, 9.17) is 4.74 Å². The summed E-state index contributed by atoms with van der Waals surface area (Å²) in [5.41, 5.74) is 2.14. The molecule has 1 aromatic heterocycles. The topological polar surface area (TPSA) is 52.1 Å². The SMILES string of the molecule is CCc1ccc(C(=O)c2ccc(OC)nn2)cc1. The van der Waals surface area contributed by atoms with Crippen molar-refractivity contribution < 1.29 is 9.53 Å². The summed E-state index contributed by atoms with van der Waals surface area (Å²) in [7, 11) is 1.51. The van der Waals surface area contributed by atoms with Gasteiger partial charge in [-0.2, -0.15) is 0 Å². The van der Waals surface area contributed by atoms with Gasteiger partial charge in [0.25, 0.3) is 0 Å². The number of carbonyl (C=O) groups excluding carboxylic acids is 1. The fourth-order valence-electron chi connectivity index (χ4n) is 1.59. The zero-order valence-corrected chi connectivity index (χ0v) is 10.4. The van der Waals surface area contributed by atoms with Crippen molar-refractivity contribution in [2.75, 3.05) is 7.11 Å². The van der Waals surface area contributed by atoms with Gasteiger partial charge in [-0.05, 0) is 18.1 Å². The Balaban J connectivity index is 2.23. The van der Waals surface area contributed by atoms with Gasteiger partial charge in [0, 0.05) is 11.6 Å². The Labute approximate surface area is 106 Å². The Morgan fingerprint density at radius 3 is 2.33 bits per heavy atom. The van der Waals surface area contributed by atoms with Crippen LogP contribution < -0.4 is 4.74 Å². The molecule has 18 heavy (non-hydrogen) atoms. The van der Waals surface area contributed by atoms with Crippen LogP contribution in [0.1, 0.15) is 28.5 Å². The monoisotopic (exact) mass is 242 g/mol. The van der Waals surface area contributed by atoms with Crippen molar-refractivity contribution in [3.8, 4) is 5.88 Å². The smallest absolute Gasteiger partial charge is 0.233 e. The van der Waals surface area contributed by atoms with Crippen LogP contribution in [-0.4, -0.2) is 23.1 Å². The van der Waals surface area contributed by atoms with E-state index in [9.17, 15) is 4.79 Å². The third kappa shape index (κ3) is 2.53. The van der Waals surface area contributed by atoms with Gasteiger partial charge in [-0.1, -0.05) is 31.2 Å². The van der Waals surface area contributed by atoms with E-state index in [0.29, 0.717) is 17.1 Å². The molecule has 2 aromatic rings. The van der Waals surface area contributed by atoms with Crippen LogP contribution >= 0.6 is 0 Å². The van der Waals surface area contributed by atoms with Crippen molar-refractivity contribution in [3.05, 3.63) is 53.2 Å². The molecule has 0 aliphatic rings. The number of rotatable bonds is 4. The third-order valence-corrected chi connectivity index (χ3v) is 2.71. The van der Waals surface area contributed by atoms with Crippen molar-refractivity contribution in [1.82, 2.24) is 10.2 Å². The van der Waals surface area contributed by atoms with E-state index in [1.165, 1.54) is 12.7 Å². The van der Waals surface area contributed by atoms with Gasteiger partial charge >= 0.3 is 0 Å². The van der Waals surface area contributed by atoms with Crippen molar-refractivity contribution in [1.29, 1.82) is 0 Å². The maximum absolute atomic E-state index is 12.1. The molecule has 1 aromatic carbocycles. The van der Waals surface area contributed by atoms with Crippen LogP contribution in [0.5, 0.6) is 5.88 Å². The standard InChI is InChI=1S/C14H14N2O2/c1-3-10-4-6-11(7-5-10)14(17)12-8-9-13(18-2)16-15-12/h4-9H,3H2,1-2H3. The Hall–Kier alpha value is -2.23. The predicted octanol–water partition coefficient (Wildman–Crippen LogP) is 2.28. The average Bonchev–Trinajstić information content (AvgIpc) is 2.47. The first-order chi connectivity index (χ1) is 8.74. The number of carbonyl (C=O) groups is 1. The van der Waals surface area contributed by atoms with E-state index in [1.807, 2.05) is 24.3 Å². The number of benzene rings is 1. The van der Waals surface area contributed by atoms with Gasteiger partial charge in [0.1, 0.15) is 5.69 Å². The minimum atomic E-state index is -0.132. The first-order valence-electron chi connectivity index (χ1n) is 5.76. The summed E-state index contributed by atoms with van der Waals surface area (Å²) in [4.78, 5) is 12.1. The molecule has 2 rings (SSSR count). The molecule has 0 saturated heterocycles. The zero-order chi connectivity index (χ0) is 13.0. The Morgan fingerprint density at radius 2 is 1.83 bits per heavy atom. The fraction of sp³-hybridized carbons (Fsp3) is 0.214. The van der Waals surface area contributed by atoms with E-state index in [-0.39, 0.29) is 5.78 Å². The second-order valence-electron chi connectivity index (χ2n) is 3.84. The molecule has 0 saturated carbocycles. The van der Waals surface area contributed by atoms with E-state index >= 15 is 0 Å². The second kappa shape index (κ2) is 5.40. The summed E-state index contributed by atoms with van der Waals surface area (Å²) in [6.07, 6.45) is 0.955. The largest absolute Gasteiger partial charge is 0.480 e.